The van der Waals surface area contributed by atoms with Crippen molar-refractivity contribution in [2.45, 2.75) is 51.7 Å². The summed E-state index contributed by atoms with van der Waals surface area (Å²) < 4.78 is 0. The summed E-state index contributed by atoms with van der Waals surface area (Å²) in [7, 11) is 0. The molecule has 0 spiro atoms. The van der Waals surface area contributed by atoms with Gasteiger partial charge >= 0.3 is 0 Å². The summed E-state index contributed by atoms with van der Waals surface area (Å²) in [6.07, 6.45) is 1.64. The fourth-order valence-corrected chi connectivity index (χ4v) is 4.53. The van der Waals surface area contributed by atoms with Crippen LogP contribution in [0.4, 0.5) is 0 Å². The molecule has 1 fully saturated rings. The first-order valence-corrected chi connectivity index (χ1v) is 8.70. The van der Waals surface area contributed by atoms with Gasteiger partial charge in [0.05, 0.1) is 6.04 Å². The lowest BCUT2D eigenvalue weighted by Crippen LogP contribution is -2.42. The third-order valence-electron chi connectivity index (χ3n) is 5.40. The van der Waals surface area contributed by atoms with E-state index < -0.39 is 0 Å². The molecule has 120 valence electrons. The van der Waals surface area contributed by atoms with Crippen molar-refractivity contribution in [2.75, 3.05) is 0 Å². The Bertz CT molecular complexity index is 812. The van der Waals surface area contributed by atoms with Gasteiger partial charge in [-0.1, -0.05) is 25.1 Å². The molecule has 23 heavy (non-hydrogen) atoms. The Morgan fingerprint density at radius 2 is 2.13 bits per heavy atom. The highest BCUT2D eigenvalue weighted by Gasteiger charge is 2.49. The Balaban J connectivity index is 1.81. The van der Waals surface area contributed by atoms with Crippen molar-refractivity contribution in [3.63, 3.8) is 0 Å². The number of aromatic amines is 1. The van der Waals surface area contributed by atoms with Crippen molar-refractivity contribution >= 4 is 34.1 Å². The van der Waals surface area contributed by atoms with Crippen LogP contribution in [0.5, 0.6) is 0 Å². The van der Waals surface area contributed by atoms with Gasteiger partial charge in [-0.25, -0.2) is 0 Å². The number of hydrogen-bond acceptors (Lipinski definition) is 2. The molecular formula is C18H21N3OS. The van der Waals surface area contributed by atoms with Crippen LogP contribution < -0.4 is 0 Å². The van der Waals surface area contributed by atoms with E-state index in [0.717, 1.165) is 18.4 Å². The molecule has 0 radical (unpaired) electrons. The van der Waals surface area contributed by atoms with E-state index in [2.05, 4.69) is 48.9 Å². The average molecular weight is 327 g/mol. The van der Waals surface area contributed by atoms with Gasteiger partial charge in [-0.2, -0.15) is 0 Å². The zero-order chi connectivity index (χ0) is 16.3. The predicted octanol–water partition coefficient (Wildman–Crippen LogP) is 3.38. The summed E-state index contributed by atoms with van der Waals surface area (Å²) in [5, 5.41) is 1.92. The van der Waals surface area contributed by atoms with Crippen LogP contribution in [0.15, 0.2) is 24.3 Å². The van der Waals surface area contributed by atoms with Crippen LogP contribution in [0, 0.1) is 0 Å². The van der Waals surface area contributed by atoms with E-state index in [1.807, 2.05) is 11.0 Å². The minimum Gasteiger partial charge on any atom is -0.356 e. The second kappa shape index (κ2) is 5.06. The summed E-state index contributed by atoms with van der Waals surface area (Å²) in [6.45, 7) is 6.30. The largest absolute Gasteiger partial charge is 0.356 e. The lowest BCUT2D eigenvalue weighted by molar-refractivity contribution is -0.129. The SMILES string of the molecule is CC[C@H](C)N1C(=O)[C@H]2Cc3c([nH]c4ccccc34)[C@@H](C)N2C1=S. The minimum atomic E-state index is -0.154. The number of fused-ring (bicyclic) bond motifs is 4. The minimum absolute atomic E-state index is 0.0988. The molecule has 0 saturated carbocycles. The zero-order valence-electron chi connectivity index (χ0n) is 13.7. The molecular weight excluding hydrogens is 306 g/mol. The van der Waals surface area contributed by atoms with Crippen LogP contribution in [0.2, 0.25) is 0 Å². The quantitative estimate of drug-likeness (QED) is 0.860. The zero-order valence-corrected chi connectivity index (χ0v) is 14.5. The summed E-state index contributed by atoms with van der Waals surface area (Å²) in [6, 6.07) is 8.42. The smallest absolute Gasteiger partial charge is 0.252 e. The molecule has 4 nitrogen and oxygen atoms in total. The van der Waals surface area contributed by atoms with Crippen LogP contribution in [-0.4, -0.2) is 37.9 Å². The van der Waals surface area contributed by atoms with Gasteiger partial charge in [0, 0.05) is 29.1 Å². The van der Waals surface area contributed by atoms with Gasteiger partial charge in [0.2, 0.25) is 0 Å². The number of nitrogens with one attached hydrogen (secondary N) is 1. The molecule has 1 aromatic heterocycles. The lowest BCUT2D eigenvalue weighted by Gasteiger charge is -2.35. The molecule has 1 saturated heterocycles. The van der Waals surface area contributed by atoms with Crippen molar-refractivity contribution in [1.29, 1.82) is 0 Å². The van der Waals surface area contributed by atoms with Crippen molar-refractivity contribution in [3.05, 3.63) is 35.5 Å². The molecule has 5 heteroatoms. The maximum atomic E-state index is 13.0. The molecule has 2 aromatic rings. The number of hydrogen-bond donors (Lipinski definition) is 1. The first-order chi connectivity index (χ1) is 11.0. The summed E-state index contributed by atoms with van der Waals surface area (Å²) >= 11 is 5.66. The number of rotatable bonds is 2. The van der Waals surface area contributed by atoms with Crippen molar-refractivity contribution in [3.8, 4) is 0 Å². The maximum absolute atomic E-state index is 13.0. The highest BCUT2D eigenvalue weighted by Crippen LogP contribution is 2.41. The van der Waals surface area contributed by atoms with E-state index in [0.29, 0.717) is 5.11 Å². The summed E-state index contributed by atoms with van der Waals surface area (Å²) in [5.74, 6) is 0.159. The molecule has 0 bridgehead atoms. The van der Waals surface area contributed by atoms with Crippen molar-refractivity contribution < 1.29 is 4.79 Å². The molecule has 1 aromatic carbocycles. The van der Waals surface area contributed by atoms with Gasteiger partial charge in [0.1, 0.15) is 6.04 Å². The number of carbonyl (C=O) groups excluding carboxylic acids is 1. The number of amides is 1. The second-order valence-corrected chi connectivity index (χ2v) is 6.98. The third kappa shape index (κ3) is 1.89. The molecule has 1 amide bonds. The van der Waals surface area contributed by atoms with Gasteiger partial charge in [0.25, 0.3) is 5.91 Å². The number of benzene rings is 1. The monoisotopic (exact) mass is 327 g/mol. The molecule has 2 aliphatic heterocycles. The number of thiocarbonyl (C=S) groups is 1. The molecule has 3 heterocycles. The number of H-pyrrole nitrogens is 1. The molecule has 4 rings (SSSR count). The highest BCUT2D eigenvalue weighted by molar-refractivity contribution is 7.80. The number of carbonyl (C=O) groups is 1. The fraction of sp³-hybridized carbons (Fsp3) is 0.444. The number of para-hydroxylation sites is 1. The normalized spacial score (nSPS) is 25.0. The summed E-state index contributed by atoms with van der Waals surface area (Å²) in [4.78, 5) is 20.4. The van der Waals surface area contributed by atoms with E-state index in [9.17, 15) is 4.79 Å². The van der Waals surface area contributed by atoms with Gasteiger partial charge in [-0.05, 0) is 44.1 Å². The summed E-state index contributed by atoms with van der Waals surface area (Å²) in [5.41, 5.74) is 3.61. The van der Waals surface area contributed by atoms with Gasteiger partial charge < -0.3 is 9.88 Å². The Hall–Kier alpha value is -1.88. The predicted molar refractivity (Wildman–Crippen MR) is 95.2 cm³/mol. The number of aromatic nitrogens is 1. The van der Waals surface area contributed by atoms with E-state index in [-0.39, 0.29) is 24.0 Å². The van der Waals surface area contributed by atoms with E-state index in [4.69, 9.17) is 12.2 Å². The first-order valence-electron chi connectivity index (χ1n) is 8.29. The second-order valence-electron chi connectivity index (χ2n) is 6.61. The Morgan fingerprint density at radius 1 is 1.39 bits per heavy atom. The van der Waals surface area contributed by atoms with Gasteiger partial charge in [-0.3, -0.25) is 9.69 Å². The molecule has 3 atom stereocenters. The van der Waals surface area contributed by atoms with E-state index in [1.54, 1.807) is 0 Å². The third-order valence-corrected chi connectivity index (χ3v) is 5.80. The first kappa shape index (κ1) is 14.7. The standard InChI is InChI=1S/C18H21N3OS/c1-4-10(2)20-17(22)15-9-13-12-7-5-6-8-14(12)19-16(13)11(3)21(15)18(20)23/h5-8,10-11,15,19H,4,9H2,1-3H3/t10-,11+,15+/m0/s1. The van der Waals surface area contributed by atoms with E-state index >= 15 is 0 Å². The maximum Gasteiger partial charge on any atom is 0.252 e. The molecule has 0 unspecified atom stereocenters. The van der Waals surface area contributed by atoms with Crippen LogP contribution in [0.1, 0.15) is 44.5 Å². The van der Waals surface area contributed by atoms with Crippen LogP contribution in [0.3, 0.4) is 0 Å². The molecule has 2 aliphatic rings. The van der Waals surface area contributed by atoms with E-state index in [1.165, 1.54) is 16.6 Å². The Kier molecular flexibility index (Phi) is 3.23. The topological polar surface area (TPSA) is 39.3 Å². The molecule has 1 N–H and O–H groups in total. The van der Waals surface area contributed by atoms with Crippen molar-refractivity contribution in [1.82, 2.24) is 14.8 Å². The van der Waals surface area contributed by atoms with Crippen LogP contribution in [-0.2, 0) is 11.2 Å². The Morgan fingerprint density at radius 3 is 2.87 bits per heavy atom. The van der Waals surface area contributed by atoms with Crippen LogP contribution >= 0.6 is 12.2 Å². The molecule has 0 aliphatic carbocycles. The lowest BCUT2D eigenvalue weighted by atomic mass is 9.93. The fourth-order valence-electron chi connectivity index (χ4n) is 3.97. The van der Waals surface area contributed by atoms with Crippen LogP contribution in [0.25, 0.3) is 10.9 Å². The van der Waals surface area contributed by atoms with Crippen molar-refractivity contribution in [2.24, 2.45) is 0 Å². The highest BCUT2D eigenvalue weighted by atomic mass is 32.1. The number of nitrogens with zero attached hydrogens (tertiary/aromatic N) is 2. The van der Waals surface area contributed by atoms with Gasteiger partial charge in [0.15, 0.2) is 5.11 Å². The average Bonchev–Trinajstić information content (AvgIpc) is 3.04. The Labute approximate surface area is 141 Å². The van der Waals surface area contributed by atoms with Gasteiger partial charge in [-0.15, -0.1) is 0 Å².